The van der Waals surface area contributed by atoms with Crippen molar-refractivity contribution in [3.05, 3.63) is 65.3 Å². The molecule has 2 heterocycles. The van der Waals surface area contributed by atoms with Gasteiger partial charge in [0.25, 0.3) is 5.22 Å². The van der Waals surface area contributed by atoms with Gasteiger partial charge in [-0.1, -0.05) is 29.4 Å². The van der Waals surface area contributed by atoms with Gasteiger partial charge in [-0.05, 0) is 36.4 Å². The van der Waals surface area contributed by atoms with Crippen LogP contribution in [-0.4, -0.2) is 15.2 Å². The molecule has 2 aromatic heterocycles. The molecule has 5 nitrogen and oxygen atoms in total. The number of anilines is 1. The Balaban J connectivity index is 1.51. The summed E-state index contributed by atoms with van der Waals surface area (Å²) in [5.41, 5.74) is 1.93. The molecule has 0 spiro atoms. The van der Waals surface area contributed by atoms with Crippen LogP contribution in [0.5, 0.6) is 0 Å². The number of halogens is 1. The molecule has 0 aliphatic heterocycles. The van der Waals surface area contributed by atoms with E-state index in [9.17, 15) is 0 Å². The van der Waals surface area contributed by atoms with Crippen molar-refractivity contribution in [3.63, 3.8) is 0 Å². The van der Waals surface area contributed by atoms with E-state index in [2.05, 4.69) is 20.5 Å². The van der Waals surface area contributed by atoms with Gasteiger partial charge < -0.3 is 9.73 Å². The van der Waals surface area contributed by atoms with Gasteiger partial charge in [0.05, 0.1) is 12.2 Å². The highest BCUT2D eigenvalue weighted by atomic mass is 35.5. The lowest BCUT2D eigenvalue weighted by Crippen LogP contribution is -1.99. The fourth-order valence-corrected chi connectivity index (χ4v) is 2.55. The first kappa shape index (κ1) is 14.9. The first-order valence-corrected chi connectivity index (χ1v) is 8.00. The minimum atomic E-state index is 0.471. The zero-order valence-corrected chi connectivity index (χ0v) is 13.1. The molecule has 0 aliphatic rings. The number of hydrogen-bond acceptors (Lipinski definition) is 6. The number of nitrogens with zero attached hydrogens (tertiary/aromatic N) is 3. The minimum Gasteiger partial charge on any atom is -0.414 e. The zero-order chi connectivity index (χ0) is 15.2. The SMILES string of the molecule is Clc1ccc(NCc2nnc(SCc3ccccn3)o2)cc1. The molecule has 0 amide bonds. The molecule has 0 saturated carbocycles. The summed E-state index contributed by atoms with van der Waals surface area (Å²) in [4.78, 5) is 4.25. The van der Waals surface area contributed by atoms with E-state index in [0.29, 0.717) is 28.4 Å². The van der Waals surface area contributed by atoms with Crippen molar-refractivity contribution in [2.75, 3.05) is 5.32 Å². The molecule has 3 rings (SSSR count). The lowest BCUT2D eigenvalue weighted by atomic mass is 10.3. The highest BCUT2D eigenvalue weighted by molar-refractivity contribution is 7.98. The van der Waals surface area contributed by atoms with E-state index < -0.39 is 0 Å². The van der Waals surface area contributed by atoms with Gasteiger partial charge in [0.15, 0.2) is 0 Å². The molecule has 3 aromatic rings. The molecule has 0 radical (unpaired) electrons. The predicted octanol–water partition coefficient (Wildman–Crippen LogP) is 4.02. The third-order valence-corrected chi connectivity index (χ3v) is 3.91. The number of hydrogen-bond donors (Lipinski definition) is 1. The van der Waals surface area contributed by atoms with Crippen LogP contribution in [0.2, 0.25) is 5.02 Å². The molecule has 1 aromatic carbocycles. The fourth-order valence-electron chi connectivity index (χ4n) is 1.73. The number of nitrogens with one attached hydrogen (secondary N) is 1. The van der Waals surface area contributed by atoms with Crippen molar-refractivity contribution < 1.29 is 4.42 Å². The van der Waals surface area contributed by atoms with E-state index in [4.69, 9.17) is 16.0 Å². The molecular weight excluding hydrogens is 320 g/mol. The average molecular weight is 333 g/mol. The summed E-state index contributed by atoms with van der Waals surface area (Å²) in [6.07, 6.45) is 1.77. The molecule has 0 bridgehead atoms. The summed E-state index contributed by atoms with van der Waals surface area (Å²) < 4.78 is 5.58. The first-order chi connectivity index (χ1) is 10.8. The maximum atomic E-state index is 5.84. The van der Waals surface area contributed by atoms with E-state index >= 15 is 0 Å². The van der Waals surface area contributed by atoms with Crippen LogP contribution in [0.4, 0.5) is 5.69 Å². The Kier molecular flexibility index (Phi) is 4.92. The quantitative estimate of drug-likeness (QED) is 0.688. The van der Waals surface area contributed by atoms with Crippen molar-refractivity contribution in [1.82, 2.24) is 15.2 Å². The van der Waals surface area contributed by atoms with Crippen LogP contribution in [0.15, 0.2) is 58.3 Å². The monoisotopic (exact) mass is 332 g/mol. The largest absolute Gasteiger partial charge is 0.414 e. The van der Waals surface area contributed by atoms with Gasteiger partial charge in [-0.25, -0.2) is 0 Å². The van der Waals surface area contributed by atoms with Crippen LogP contribution >= 0.6 is 23.4 Å². The summed E-state index contributed by atoms with van der Waals surface area (Å²) in [6, 6.07) is 13.3. The van der Waals surface area contributed by atoms with Crippen molar-refractivity contribution in [3.8, 4) is 0 Å². The Hall–Kier alpha value is -2.05. The average Bonchev–Trinajstić information content (AvgIpc) is 3.01. The molecule has 0 saturated heterocycles. The van der Waals surface area contributed by atoms with Gasteiger partial charge in [0, 0.05) is 22.7 Å². The van der Waals surface area contributed by atoms with Gasteiger partial charge >= 0.3 is 0 Å². The van der Waals surface area contributed by atoms with Gasteiger partial charge in [0.1, 0.15) is 0 Å². The third kappa shape index (κ3) is 4.22. The van der Waals surface area contributed by atoms with Crippen LogP contribution in [0, 0.1) is 0 Å². The van der Waals surface area contributed by atoms with Crippen molar-refractivity contribution >= 4 is 29.1 Å². The number of benzene rings is 1. The fraction of sp³-hybridized carbons (Fsp3) is 0.133. The smallest absolute Gasteiger partial charge is 0.277 e. The van der Waals surface area contributed by atoms with Gasteiger partial charge in [0.2, 0.25) is 5.89 Å². The Bertz CT molecular complexity index is 718. The second kappa shape index (κ2) is 7.29. The number of pyridine rings is 1. The predicted molar refractivity (Wildman–Crippen MR) is 86.9 cm³/mol. The van der Waals surface area contributed by atoms with Gasteiger partial charge in [-0.3, -0.25) is 4.98 Å². The molecule has 112 valence electrons. The maximum absolute atomic E-state index is 5.84. The van der Waals surface area contributed by atoms with Crippen LogP contribution in [0.1, 0.15) is 11.6 Å². The molecule has 22 heavy (non-hydrogen) atoms. The molecule has 0 atom stereocenters. The van der Waals surface area contributed by atoms with Crippen molar-refractivity contribution in [1.29, 1.82) is 0 Å². The van der Waals surface area contributed by atoms with Crippen LogP contribution < -0.4 is 5.32 Å². The highest BCUT2D eigenvalue weighted by Crippen LogP contribution is 2.21. The molecule has 0 unspecified atom stereocenters. The summed E-state index contributed by atoms with van der Waals surface area (Å²) in [5.74, 6) is 1.24. The second-order valence-corrected chi connectivity index (χ2v) is 5.79. The Morgan fingerprint density at radius 2 is 1.95 bits per heavy atom. The third-order valence-electron chi connectivity index (χ3n) is 2.81. The normalized spacial score (nSPS) is 10.6. The van der Waals surface area contributed by atoms with E-state index in [1.54, 1.807) is 6.20 Å². The summed E-state index contributed by atoms with van der Waals surface area (Å²) in [5, 5.41) is 12.5. The van der Waals surface area contributed by atoms with Crippen LogP contribution in [-0.2, 0) is 12.3 Å². The summed E-state index contributed by atoms with van der Waals surface area (Å²) >= 11 is 7.31. The topological polar surface area (TPSA) is 63.8 Å². The highest BCUT2D eigenvalue weighted by Gasteiger charge is 2.07. The van der Waals surface area contributed by atoms with E-state index in [1.807, 2.05) is 42.5 Å². The molecule has 0 aliphatic carbocycles. The number of rotatable bonds is 6. The summed E-state index contributed by atoms with van der Waals surface area (Å²) in [6.45, 7) is 0.471. The maximum Gasteiger partial charge on any atom is 0.277 e. The van der Waals surface area contributed by atoms with Gasteiger partial charge in [-0.15, -0.1) is 10.2 Å². The van der Waals surface area contributed by atoms with Crippen LogP contribution in [0.3, 0.4) is 0 Å². The lowest BCUT2D eigenvalue weighted by Gasteiger charge is -2.02. The number of aromatic nitrogens is 3. The Morgan fingerprint density at radius 3 is 2.73 bits per heavy atom. The van der Waals surface area contributed by atoms with Crippen molar-refractivity contribution in [2.45, 2.75) is 17.5 Å². The van der Waals surface area contributed by atoms with Crippen LogP contribution in [0.25, 0.3) is 0 Å². The second-order valence-electron chi connectivity index (χ2n) is 4.43. The zero-order valence-electron chi connectivity index (χ0n) is 11.6. The Morgan fingerprint density at radius 1 is 1.09 bits per heavy atom. The Labute approximate surface area is 137 Å². The van der Waals surface area contributed by atoms with E-state index in [1.165, 1.54) is 11.8 Å². The van der Waals surface area contributed by atoms with Crippen molar-refractivity contribution in [2.24, 2.45) is 0 Å². The number of thioether (sulfide) groups is 1. The molecule has 7 heteroatoms. The van der Waals surface area contributed by atoms with E-state index in [-0.39, 0.29) is 0 Å². The molecule has 0 fully saturated rings. The first-order valence-electron chi connectivity index (χ1n) is 6.64. The van der Waals surface area contributed by atoms with E-state index in [0.717, 1.165) is 11.4 Å². The van der Waals surface area contributed by atoms with Gasteiger partial charge in [-0.2, -0.15) is 0 Å². The molecule has 1 N–H and O–H groups in total. The lowest BCUT2D eigenvalue weighted by molar-refractivity contribution is 0.418. The minimum absolute atomic E-state index is 0.471. The summed E-state index contributed by atoms with van der Waals surface area (Å²) in [7, 11) is 0. The standard InChI is InChI=1S/C15H13ClN4OS/c16-11-4-6-12(7-5-11)18-9-14-19-20-15(21-14)22-10-13-3-1-2-8-17-13/h1-8,18H,9-10H2. The molecular formula is C15H13ClN4OS.